The third-order valence-electron chi connectivity index (χ3n) is 8.15. The van der Waals surface area contributed by atoms with Gasteiger partial charge in [0.25, 0.3) is 11.8 Å². The number of nitriles is 2. The van der Waals surface area contributed by atoms with Gasteiger partial charge in [0.15, 0.2) is 5.54 Å². The van der Waals surface area contributed by atoms with E-state index in [1.54, 1.807) is 49.5 Å². The van der Waals surface area contributed by atoms with Gasteiger partial charge in [-0.1, -0.05) is 37.3 Å². The number of ether oxygens (including phenoxy) is 1. The third-order valence-corrected chi connectivity index (χ3v) is 8.15. The van der Waals surface area contributed by atoms with Gasteiger partial charge in [0.1, 0.15) is 6.10 Å². The standard InChI is InChI=1S/C32H26F2N4O3/c1-19-26(14-13-25-12-11-24(17-37-25)27-6-4-3-5-23(27)16-36)28-20(2)41-30(40)31(28,18-32(19,33)34)38-29(39)22-9-7-21(15-35)8-10-22/h3-14,17,19-20,26,28H,18H2,1-2H3,(H,38,39)/b14-13+/t19-,20+,26-,28-,31-/m0/s1. The Kier molecular flexibility index (Phi) is 7.15. The fraction of sp³-hybridized carbons (Fsp3) is 0.281. The van der Waals surface area contributed by atoms with Crippen molar-refractivity contribution in [3.63, 3.8) is 0 Å². The molecule has 1 saturated carbocycles. The molecule has 1 saturated heterocycles. The molecule has 0 spiro atoms. The molecule has 7 nitrogen and oxygen atoms in total. The first-order valence-corrected chi connectivity index (χ1v) is 13.1. The number of cyclic esters (lactones) is 1. The van der Waals surface area contributed by atoms with Crippen molar-refractivity contribution in [1.29, 1.82) is 10.5 Å². The summed E-state index contributed by atoms with van der Waals surface area (Å²) in [7, 11) is 0. The summed E-state index contributed by atoms with van der Waals surface area (Å²) in [6.45, 7) is 3.08. The number of allylic oxidation sites excluding steroid dienone is 1. The lowest BCUT2D eigenvalue weighted by atomic mass is 9.60. The van der Waals surface area contributed by atoms with Gasteiger partial charge in [-0.25, -0.2) is 13.6 Å². The number of hydrogen-bond donors (Lipinski definition) is 1. The molecule has 0 unspecified atom stereocenters. The zero-order valence-electron chi connectivity index (χ0n) is 22.3. The highest BCUT2D eigenvalue weighted by Crippen LogP contribution is 2.55. The molecule has 0 radical (unpaired) electrons. The number of aromatic nitrogens is 1. The van der Waals surface area contributed by atoms with Gasteiger partial charge in [-0.2, -0.15) is 10.5 Å². The summed E-state index contributed by atoms with van der Waals surface area (Å²) in [5.41, 5.74) is 1.03. The molecule has 2 aromatic carbocycles. The summed E-state index contributed by atoms with van der Waals surface area (Å²) in [6, 6.07) is 20.5. The predicted molar refractivity (Wildman–Crippen MR) is 146 cm³/mol. The summed E-state index contributed by atoms with van der Waals surface area (Å²) < 4.78 is 36.6. The summed E-state index contributed by atoms with van der Waals surface area (Å²) in [5, 5.41) is 21.0. The molecular formula is C32H26F2N4O3. The van der Waals surface area contributed by atoms with E-state index in [1.807, 2.05) is 18.2 Å². The average molecular weight is 553 g/mol. The fourth-order valence-electron chi connectivity index (χ4n) is 5.98. The van der Waals surface area contributed by atoms with Gasteiger partial charge in [0.05, 0.1) is 29.0 Å². The molecule has 3 aromatic rings. The molecular weight excluding hydrogens is 526 g/mol. The molecule has 206 valence electrons. The van der Waals surface area contributed by atoms with Crippen molar-refractivity contribution in [2.45, 2.75) is 37.8 Å². The first kappa shape index (κ1) is 27.7. The van der Waals surface area contributed by atoms with Crippen LogP contribution in [0.5, 0.6) is 0 Å². The zero-order valence-corrected chi connectivity index (χ0v) is 22.3. The number of fused-ring (bicyclic) bond motifs is 1. The van der Waals surface area contributed by atoms with E-state index >= 15 is 8.78 Å². The molecule has 2 heterocycles. The number of alkyl halides is 2. The van der Waals surface area contributed by atoms with Crippen LogP contribution in [-0.2, 0) is 9.53 Å². The van der Waals surface area contributed by atoms with Crippen molar-refractivity contribution in [3.05, 3.63) is 95.3 Å². The smallest absolute Gasteiger partial charge is 0.332 e. The van der Waals surface area contributed by atoms with E-state index in [2.05, 4.69) is 16.4 Å². The second kappa shape index (κ2) is 10.6. The number of nitrogens with one attached hydrogen (secondary N) is 1. The van der Waals surface area contributed by atoms with Gasteiger partial charge >= 0.3 is 5.97 Å². The van der Waals surface area contributed by atoms with Crippen molar-refractivity contribution in [1.82, 2.24) is 10.3 Å². The van der Waals surface area contributed by atoms with Crippen LogP contribution in [0.25, 0.3) is 17.2 Å². The maximum absolute atomic E-state index is 15.5. The molecule has 2 fully saturated rings. The summed E-state index contributed by atoms with van der Waals surface area (Å²) in [6.07, 6.45) is 3.25. The van der Waals surface area contributed by atoms with Crippen LogP contribution in [0.2, 0.25) is 0 Å². The van der Waals surface area contributed by atoms with E-state index in [0.717, 1.165) is 11.1 Å². The van der Waals surface area contributed by atoms with Gasteiger partial charge in [-0.3, -0.25) is 9.78 Å². The highest BCUT2D eigenvalue weighted by molar-refractivity contribution is 5.99. The van der Waals surface area contributed by atoms with Crippen LogP contribution in [0, 0.1) is 40.4 Å². The van der Waals surface area contributed by atoms with E-state index in [4.69, 9.17) is 10.00 Å². The van der Waals surface area contributed by atoms with Crippen LogP contribution in [0.15, 0.2) is 72.9 Å². The quantitative estimate of drug-likeness (QED) is 0.417. The molecule has 9 heteroatoms. The SMILES string of the molecule is C[C@H]1OC(=O)[C@]2(NC(=O)c3ccc(C#N)cc3)CC(F)(F)[C@@H](C)[C@H](/C=C/c3ccc(-c4ccccc4C#N)cn3)[C@H]12. The maximum atomic E-state index is 15.5. The molecule has 1 aromatic heterocycles. The van der Waals surface area contributed by atoms with Gasteiger partial charge in [-0.15, -0.1) is 0 Å². The Bertz CT molecular complexity index is 1610. The van der Waals surface area contributed by atoms with Crippen LogP contribution in [0.4, 0.5) is 8.78 Å². The Balaban J connectivity index is 1.46. The van der Waals surface area contributed by atoms with Crippen molar-refractivity contribution in [2.24, 2.45) is 17.8 Å². The largest absolute Gasteiger partial charge is 0.460 e. The summed E-state index contributed by atoms with van der Waals surface area (Å²) in [5.74, 6) is -7.62. The van der Waals surface area contributed by atoms with Crippen LogP contribution >= 0.6 is 0 Å². The minimum absolute atomic E-state index is 0.140. The van der Waals surface area contributed by atoms with Gasteiger partial charge in [0, 0.05) is 41.1 Å². The highest BCUT2D eigenvalue weighted by atomic mass is 19.3. The summed E-state index contributed by atoms with van der Waals surface area (Å²) in [4.78, 5) is 30.8. The maximum Gasteiger partial charge on any atom is 0.332 e. The first-order valence-electron chi connectivity index (χ1n) is 13.1. The van der Waals surface area contributed by atoms with Gasteiger partial charge < -0.3 is 10.1 Å². The topological polar surface area (TPSA) is 116 Å². The minimum atomic E-state index is -3.29. The Morgan fingerprint density at radius 2 is 1.80 bits per heavy atom. The summed E-state index contributed by atoms with van der Waals surface area (Å²) >= 11 is 0. The van der Waals surface area contributed by atoms with Crippen molar-refractivity contribution < 1.29 is 23.1 Å². The monoisotopic (exact) mass is 552 g/mol. The predicted octanol–water partition coefficient (Wildman–Crippen LogP) is 5.53. The molecule has 1 N–H and O–H groups in total. The number of carbonyl (C=O) groups is 2. The molecule has 1 aliphatic carbocycles. The Labute approximate surface area is 236 Å². The first-order chi connectivity index (χ1) is 19.6. The zero-order chi connectivity index (χ0) is 29.4. The van der Waals surface area contributed by atoms with Gasteiger partial charge in [-0.05, 0) is 55.3 Å². The Hall–Kier alpha value is -4.89. The molecule has 5 atom stereocenters. The van der Waals surface area contributed by atoms with E-state index < -0.39 is 53.6 Å². The third kappa shape index (κ3) is 4.96. The van der Waals surface area contributed by atoms with Crippen LogP contribution in [-0.4, -0.2) is 34.4 Å². The normalized spacial score (nSPS) is 26.4. The number of carbonyl (C=O) groups excluding carboxylic acids is 2. The second-order valence-corrected chi connectivity index (χ2v) is 10.5. The number of hydrogen-bond acceptors (Lipinski definition) is 6. The number of esters is 1. The molecule has 0 bridgehead atoms. The number of amides is 1. The Morgan fingerprint density at radius 3 is 2.46 bits per heavy atom. The molecule has 41 heavy (non-hydrogen) atoms. The molecule has 2 aliphatic rings. The second-order valence-electron chi connectivity index (χ2n) is 10.5. The van der Waals surface area contributed by atoms with E-state index in [-0.39, 0.29) is 5.56 Å². The van der Waals surface area contributed by atoms with Crippen LogP contribution in [0.1, 0.15) is 47.4 Å². The van der Waals surface area contributed by atoms with Crippen molar-refractivity contribution >= 4 is 18.0 Å². The van der Waals surface area contributed by atoms with E-state index in [0.29, 0.717) is 16.8 Å². The number of nitrogens with zero attached hydrogens (tertiary/aromatic N) is 3. The lowest BCUT2D eigenvalue weighted by Crippen LogP contribution is -2.66. The number of benzene rings is 2. The lowest BCUT2D eigenvalue weighted by Gasteiger charge is -2.47. The molecule has 5 rings (SSSR count). The van der Waals surface area contributed by atoms with Crippen molar-refractivity contribution in [3.8, 4) is 23.3 Å². The van der Waals surface area contributed by atoms with E-state index in [9.17, 15) is 14.9 Å². The van der Waals surface area contributed by atoms with Crippen LogP contribution < -0.4 is 5.32 Å². The number of rotatable bonds is 5. The van der Waals surface area contributed by atoms with E-state index in [1.165, 1.54) is 31.2 Å². The Morgan fingerprint density at radius 1 is 1.07 bits per heavy atom. The van der Waals surface area contributed by atoms with Crippen LogP contribution in [0.3, 0.4) is 0 Å². The highest BCUT2D eigenvalue weighted by Gasteiger charge is 2.68. The average Bonchev–Trinajstić information content (AvgIpc) is 3.21. The molecule has 1 amide bonds. The minimum Gasteiger partial charge on any atom is -0.460 e. The lowest BCUT2D eigenvalue weighted by molar-refractivity contribution is -0.158. The van der Waals surface area contributed by atoms with Gasteiger partial charge in [0.2, 0.25) is 0 Å². The number of halogens is 2. The number of pyridine rings is 1. The molecule has 1 aliphatic heterocycles. The van der Waals surface area contributed by atoms with Crippen molar-refractivity contribution in [2.75, 3.05) is 0 Å². The fourth-order valence-corrected chi connectivity index (χ4v) is 5.98.